The normalized spacial score (nSPS) is 16.3. The molecule has 2 N–H and O–H groups in total. The highest BCUT2D eigenvalue weighted by Crippen LogP contribution is 2.27. The number of anilines is 1. The summed E-state index contributed by atoms with van der Waals surface area (Å²) >= 11 is 5.79. The highest BCUT2D eigenvalue weighted by atomic mass is 35.5. The molecule has 1 aliphatic rings. The highest BCUT2D eigenvalue weighted by Gasteiger charge is 2.37. The summed E-state index contributed by atoms with van der Waals surface area (Å²) in [6, 6.07) is 8.23. The van der Waals surface area contributed by atoms with E-state index in [4.69, 9.17) is 11.6 Å². The van der Waals surface area contributed by atoms with Crippen LogP contribution in [0.4, 0.5) is 14.9 Å². The first kappa shape index (κ1) is 16.7. The van der Waals surface area contributed by atoms with Crippen LogP contribution in [0.3, 0.4) is 0 Å². The zero-order valence-electron chi connectivity index (χ0n) is 12.5. The van der Waals surface area contributed by atoms with Gasteiger partial charge in [-0.2, -0.15) is 0 Å². The lowest BCUT2D eigenvalue weighted by atomic mass is 10.1. The minimum absolute atomic E-state index is 0.0278. The van der Waals surface area contributed by atoms with Crippen LogP contribution in [-0.2, 0) is 9.59 Å². The summed E-state index contributed by atoms with van der Waals surface area (Å²) in [6.45, 7) is 0. The average molecular weight is 361 g/mol. The number of aromatic hydroxyl groups is 1. The number of amides is 4. The number of hydrogen-bond acceptors (Lipinski definition) is 4. The zero-order chi connectivity index (χ0) is 18.1. The number of hydrogen-bond donors (Lipinski definition) is 2. The van der Waals surface area contributed by atoms with E-state index in [2.05, 4.69) is 0 Å². The monoisotopic (exact) mass is 360 g/mol. The maximum atomic E-state index is 13.9. The topological polar surface area (TPSA) is 86.7 Å². The van der Waals surface area contributed by atoms with Gasteiger partial charge >= 0.3 is 6.03 Å². The van der Waals surface area contributed by atoms with Crippen molar-refractivity contribution in [2.24, 2.45) is 0 Å². The second kappa shape index (κ2) is 6.37. The number of benzene rings is 2. The molecule has 0 aliphatic carbocycles. The predicted molar refractivity (Wildman–Crippen MR) is 88.5 cm³/mol. The number of phenols is 1. The Hall–Kier alpha value is -3.19. The number of barbiturate groups is 1. The van der Waals surface area contributed by atoms with Gasteiger partial charge in [-0.3, -0.25) is 14.9 Å². The number of urea groups is 1. The van der Waals surface area contributed by atoms with Crippen LogP contribution in [0.5, 0.6) is 5.75 Å². The Morgan fingerprint density at radius 3 is 2.52 bits per heavy atom. The molecule has 2 aromatic carbocycles. The Morgan fingerprint density at radius 2 is 1.84 bits per heavy atom. The molecule has 2 aromatic rings. The molecule has 0 spiro atoms. The zero-order valence-corrected chi connectivity index (χ0v) is 13.2. The van der Waals surface area contributed by atoms with Crippen molar-refractivity contribution in [1.82, 2.24) is 5.32 Å². The highest BCUT2D eigenvalue weighted by molar-refractivity contribution is 6.39. The lowest BCUT2D eigenvalue weighted by molar-refractivity contribution is -0.122. The van der Waals surface area contributed by atoms with Crippen molar-refractivity contribution in [3.63, 3.8) is 0 Å². The van der Waals surface area contributed by atoms with Crippen molar-refractivity contribution in [3.8, 4) is 5.75 Å². The van der Waals surface area contributed by atoms with Crippen molar-refractivity contribution < 1.29 is 23.9 Å². The maximum absolute atomic E-state index is 13.9. The SMILES string of the molecule is O=C1NC(=O)N(c2ccccc2F)C(=O)C1=Cc1ccc(O)c(Cl)c1. The van der Waals surface area contributed by atoms with Gasteiger partial charge in [0.2, 0.25) is 0 Å². The minimum Gasteiger partial charge on any atom is -0.506 e. The summed E-state index contributed by atoms with van der Waals surface area (Å²) in [5, 5.41) is 11.4. The Bertz CT molecular complexity index is 942. The third-order valence-electron chi connectivity index (χ3n) is 3.48. The van der Waals surface area contributed by atoms with E-state index in [1.54, 1.807) is 0 Å². The van der Waals surface area contributed by atoms with Crippen LogP contribution in [0.15, 0.2) is 48.0 Å². The fourth-order valence-corrected chi connectivity index (χ4v) is 2.48. The van der Waals surface area contributed by atoms with Gasteiger partial charge in [0.05, 0.1) is 10.7 Å². The fraction of sp³-hybridized carbons (Fsp3) is 0. The molecule has 0 atom stereocenters. The molecule has 1 fully saturated rings. The molecule has 0 aromatic heterocycles. The van der Waals surface area contributed by atoms with Gasteiger partial charge in [0.25, 0.3) is 11.8 Å². The van der Waals surface area contributed by atoms with Crippen molar-refractivity contribution in [3.05, 3.63) is 64.4 Å². The van der Waals surface area contributed by atoms with Crippen LogP contribution in [0.25, 0.3) is 6.08 Å². The van der Waals surface area contributed by atoms with Crippen molar-refractivity contribution in [2.75, 3.05) is 4.90 Å². The van der Waals surface area contributed by atoms with E-state index >= 15 is 0 Å². The Morgan fingerprint density at radius 1 is 1.12 bits per heavy atom. The molecule has 6 nitrogen and oxygen atoms in total. The van der Waals surface area contributed by atoms with Crippen LogP contribution < -0.4 is 10.2 Å². The third-order valence-corrected chi connectivity index (χ3v) is 3.78. The quantitative estimate of drug-likeness (QED) is 0.637. The number of nitrogens with zero attached hydrogens (tertiary/aromatic N) is 1. The average Bonchev–Trinajstić information content (AvgIpc) is 2.56. The van der Waals surface area contributed by atoms with Crippen molar-refractivity contribution >= 4 is 41.2 Å². The molecule has 0 bridgehead atoms. The second-order valence-electron chi connectivity index (χ2n) is 5.12. The number of nitrogens with one attached hydrogen (secondary N) is 1. The van der Waals surface area contributed by atoms with Gasteiger partial charge < -0.3 is 5.11 Å². The Balaban J connectivity index is 2.05. The van der Waals surface area contributed by atoms with Gasteiger partial charge in [0.15, 0.2) is 0 Å². The molecule has 8 heteroatoms. The molecule has 25 heavy (non-hydrogen) atoms. The molecule has 0 saturated carbocycles. The number of phenolic OH excluding ortho intramolecular Hbond substituents is 1. The smallest absolute Gasteiger partial charge is 0.336 e. The second-order valence-corrected chi connectivity index (χ2v) is 5.53. The number of carbonyl (C=O) groups excluding carboxylic acids is 3. The van der Waals surface area contributed by atoms with Gasteiger partial charge in [-0.1, -0.05) is 29.8 Å². The van der Waals surface area contributed by atoms with Gasteiger partial charge in [-0.25, -0.2) is 14.1 Å². The van der Waals surface area contributed by atoms with Gasteiger partial charge in [0.1, 0.15) is 17.1 Å². The summed E-state index contributed by atoms with van der Waals surface area (Å²) in [6.07, 6.45) is 1.20. The number of rotatable bonds is 2. The van der Waals surface area contributed by atoms with E-state index in [0.717, 1.165) is 6.07 Å². The van der Waals surface area contributed by atoms with E-state index < -0.39 is 23.7 Å². The van der Waals surface area contributed by atoms with Crippen LogP contribution in [0.1, 0.15) is 5.56 Å². The van der Waals surface area contributed by atoms with Gasteiger partial charge in [-0.15, -0.1) is 0 Å². The van der Waals surface area contributed by atoms with Gasteiger partial charge in [-0.05, 0) is 35.9 Å². The molecule has 0 unspecified atom stereocenters. The Labute approximate surface area is 146 Å². The maximum Gasteiger partial charge on any atom is 0.336 e. The number of carbonyl (C=O) groups is 3. The Kier molecular flexibility index (Phi) is 4.24. The van der Waals surface area contributed by atoms with Crippen LogP contribution in [0.2, 0.25) is 5.02 Å². The van der Waals surface area contributed by atoms with Crippen molar-refractivity contribution in [2.45, 2.75) is 0 Å². The molecule has 0 radical (unpaired) electrons. The molecular weight excluding hydrogens is 351 g/mol. The summed E-state index contributed by atoms with van der Waals surface area (Å²) < 4.78 is 13.9. The predicted octanol–water partition coefficient (Wildman–Crippen LogP) is 2.85. The molecule has 3 rings (SSSR count). The van der Waals surface area contributed by atoms with E-state index in [9.17, 15) is 23.9 Å². The molecule has 1 aliphatic heterocycles. The molecule has 1 saturated heterocycles. The summed E-state index contributed by atoms with van der Waals surface area (Å²) in [4.78, 5) is 37.1. The largest absolute Gasteiger partial charge is 0.506 e. The summed E-state index contributed by atoms with van der Waals surface area (Å²) in [5.74, 6) is -2.83. The molecular formula is C17H10ClFN2O4. The van der Waals surface area contributed by atoms with Gasteiger partial charge in [0, 0.05) is 0 Å². The minimum atomic E-state index is -1.04. The lowest BCUT2D eigenvalue weighted by Crippen LogP contribution is -2.54. The lowest BCUT2D eigenvalue weighted by Gasteiger charge is -2.26. The number of halogens is 2. The molecule has 1 heterocycles. The number of para-hydroxylation sites is 1. The first-order chi connectivity index (χ1) is 11.9. The fourth-order valence-electron chi connectivity index (χ4n) is 2.29. The number of imide groups is 2. The third kappa shape index (κ3) is 3.09. The van der Waals surface area contributed by atoms with E-state index in [0.29, 0.717) is 10.5 Å². The van der Waals surface area contributed by atoms with E-state index in [-0.39, 0.29) is 22.0 Å². The van der Waals surface area contributed by atoms with Crippen molar-refractivity contribution in [1.29, 1.82) is 0 Å². The van der Waals surface area contributed by atoms with E-state index in [1.165, 1.54) is 42.5 Å². The molecule has 126 valence electrons. The van der Waals surface area contributed by atoms with Crippen LogP contribution in [0, 0.1) is 5.82 Å². The standard InChI is InChI=1S/C17H10ClFN2O4/c18-11-8-9(5-6-14(11)22)7-10-15(23)20-17(25)21(16(10)24)13-4-2-1-3-12(13)19/h1-8,22H,(H,20,23,25). The molecule has 4 amide bonds. The van der Waals surface area contributed by atoms with Crippen LogP contribution >= 0.6 is 11.6 Å². The summed E-state index contributed by atoms with van der Waals surface area (Å²) in [7, 11) is 0. The summed E-state index contributed by atoms with van der Waals surface area (Å²) in [5.41, 5.74) is -0.291. The van der Waals surface area contributed by atoms with Crippen LogP contribution in [-0.4, -0.2) is 23.0 Å². The first-order valence-electron chi connectivity index (χ1n) is 7.03. The first-order valence-corrected chi connectivity index (χ1v) is 7.41. The van der Waals surface area contributed by atoms with E-state index in [1.807, 2.05) is 5.32 Å².